The molecule has 3 heterocycles. The summed E-state index contributed by atoms with van der Waals surface area (Å²) in [7, 11) is -2.99. The number of hydrogen-bond donors (Lipinski definition) is 0. The lowest BCUT2D eigenvalue weighted by Gasteiger charge is -2.26. The minimum atomic E-state index is -2.99. The van der Waals surface area contributed by atoms with Gasteiger partial charge in [0, 0.05) is 24.2 Å². The molecule has 2 aliphatic heterocycles. The van der Waals surface area contributed by atoms with E-state index in [1.165, 1.54) is 0 Å². The quantitative estimate of drug-likeness (QED) is 0.795. The molecule has 21 heavy (non-hydrogen) atoms. The van der Waals surface area contributed by atoms with E-state index in [0.717, 1.165) is 10.8 Å². The summed E-state index contributed by atoms with van der Waals surface area (Å²) in [4.78, 5) is 18.6. The number of rotatable bonds is 1. The fourth-order valence-electron chi connectivity index (χ4n) is 3.37. The van der Waals surface area contributed by atoms with E-state index in [-0.39, 0.29) is 23.0 Å². The van der Waals surface area contributed by atoms with Gasteiger partial charge < -0.3 is 4.90 Å². The summed E-state index contributed by atoms with van der Waals surface area (Å²) in [5, 5.41) is 1.39. The Hall–Kier alpha value is -1.95. The molecule has 2 saturated heterocycles. The second-order valence-electron chi connectivity index (χ2n) is 5.68. The molecular weight excluding hydrogens is 288 g/mol. The molecule has 0 spiro atoms. The van der Waals surface area contributed by atoms with Crippen LogP contribution in [0.5, 0.6) is 0 Å². The number of likely N-dealkylation sites (tertiary alicyclic amines) is 1. The van der Waals surface area contributed by atoms with Gasteiger partial charge in [0.1, 0.15) is 5.69 Å². The van der Waals surface area contributed by atoms with E-state index in [1.807, 2.05) is 30.3 Å². The summed E-state index contributed by atoms with van der Waals surface area (Å²) in [6, 6.07) is 9.29. The minimum absolute atomic E-state index is 0.0914. The Labute approximate surface area is 122 Å². The van der Waals surface area contributed by atoms with Crippen LogP contribution >= 0.6 is 0 Å². The summed E-state index contributed by atoms with van der Waals surface area (Å²) >= 11 is 0. The van der Waals surface area contributed by atoms with Crippen molar-refractivity contribution in [3.05, 3.63) is 42.2 Å². The Morgan fingerprint density at radius 2 is 2.05 bits per heavy atom. The zero-order valence-corrected chi connectivity index (χ0v) is 12.1. The zero-order chi connectivity index (χ0) is 14.6. The Morgan fingerprint density at radius 3 is 2.76 bits per heavy atom. The Bertz CT molecular complexity index is 842. The first-order valence-corrected chi connectivity index (χ1v) is 8.64. The summed E-state index contributed by atoms with van der Waals surface area (Å²) in [6.07, 6.45) is 2.19. The van der Waals surface area contributed by atoms with Gasteiger partial charge in [-0.25, -0.2) is 8.42 Å². The van der Waals surface area contributed by atoms with Crippen LogP contribution in [0.2, 0.25) is 0 Å². The maximum absolute atomic E-state index is 12.7. The molecule has 108 valence electrons. The minimum Gasteiger partial charge on any atom is -0.332 e. The Kier molecular flexibility index (Phi) is 2.60. The van der Waals surface area contributed by atoms with Gasteiger partial charge in [-0.15, -0.1) is 0 Å². The fraction of sp³-hybridized carbons (Fsp3) is 0.333. The Balaban J connectivity index is 1.73. The third-order valence-electron chi connectivity index (χ3n) is 4.45. The van der Waals surface area contributed by atoms with E-state index in [2.05, 4.69) is 4.98 Å². The molecule has 2 bridgehead atoms. The highest BCUT2D eigenvalue weighted by atomic mass is 32.2. The molecule has 0 radical (unpaired) electrons. The largest absolute Gasteiger partial charge is 0.332 e. The van der Waals surface area contributed by atoms with Crippen molar-refractivity contribution in [2.24, 2.45) is 0 Å². The molecule has 1 amide bonds. The molecule has 2 atom stereocenters. The van der Waals surface area contributed by atoms with Crippen LogP contribution in [0.15, 0.2) is 36.5 Å². The van der Waals surface area contributed by atoms with Gasteiger partial charge in [0.05, 0.1) is 11.0 Å². The lowest BCUT2D eigenvalue weighted by atomic mass is 10.1. The van der Waals surface area contributed by atoms with Crippen LogP contribution in [0.4, 0.5) is 0 Å². The van der Waals surface area contributed by atoms with Crippen LogP contribution < -0.4 is 0 Å². The first-order chi connectivity index (χ1) is 10.1. The predicted octanol–water partition coefficient (Wildman–Crippen LogP) is 1.25. The van der Waals surface area contributed by atoms with E-state index < -0.39 is 9.84 Å². The van der Waals surface area contributed by atoms with Crippen LogP contribution in [-0.4, -0.2) is 47.8 Å². The SMILES string of the molecule is O=C(c1nccc2ccccc12)N1C[C@H]2C[C@H]1CS2(=O)=O. The molecule has 0 saturated carbocycles. The average molecular weight is 302 g/mol. The van der Waals surface area contributed by atoms with E-state index in [9.17, 15) is 13.2 Å². The van der Waals surface area contributed by atoms with Crippen molar-refractivity contribution in [1.82, 2.24) is 9.88 Å². The predicted molar refractivity (Wildman–Crippen MR) is 78.8 cm³/mol. The van der Waals surface area contributed by atoms with Crippen molar-refractivity contribution >= 4 is 26.5 Å². The van der Waals surface area contributed by atoms with Gasteiger partial charge in [-0.05, 0) is 17.9 Å². The number of pyridine rings is 1. The van der Waals surface area contributed by atoms with E-state index >= 15 is 0 Å². The van der Waals surface area contributed by atoms with E-state index in [1.54, 1.807) is 11.1 Å². The second kappa shape index (κ2) is 4.27. The summed E-state index contributed by atoms with van der Waals surface area (Å²) < 4.78 is 23.6. The van der Waals surface area contributed by atoms with Crippen LogP contribution in [0.3, 0.4) is 0 Å². The molecule has 2 aromatic rings. The first-order valence-electron chi connectivity index (χ1n) is 6.92. The maximum Gasteiger partial charge on any atom is 0.273 e. The van der Waals surface area contributed by atoms with Crippen LogP contribution in [-0.2, 0) is 9.84 Å². The highest BCUT2D eigenvalue weighted by Crippen LogP contribution is 2.34. The summed E-state index contributed by atoms with van der Waals surface area (Å²) in [6.45, 7) is 0.302. The molecule has 5 nitrogen and oxygen atoms in total. The molecule has 4 rings (SSSR count). The lowest BCUT2D eigenvalue weighted by Crippen LogP contribution is -2.44. The normalized spacial score (nSPS) is 26.4. The molecule has 0 N–H and O–H groups in total. The number of carbonyl (C=O) groups excluding carboxylic acids is 1. The van der Waals surface area contributed by atoms with Gasteiger partial charge in [0.25, 0.3) is 5.91 Å². The molecule has 2 fully saturated rings. The van der Waals surface area contributed by atoms with Crippen LogP contribution in [0.25, 0.3) is 10.8 Å². The van der Waals surface area contributed by atoms with Gasteiger partial charge in [0.2, 0.25) is 0 Å². The molecule has 1 aromatic heterocycles. The van der Waals surface area contributed by atoms with Crippen molar-refractivity contribution in [3.8, 4) is 0 Å². The Morgan fingerprint density at radius 1 is 1.24 bits per heavy atom. The van der Waals surface area contributed by atoms with Crippen LogP contribution in [0.1, 0.15) is 16.9 Å². The van der Waals surface area contributed by atoms with Crippen molar-refractivity contribution in [3.63, 3.8) is 0 Å². The molecule has 2 aliphatic rings. The average Bonchev–Trinajstić information content (AvgIpc) is 3.01. The van der Waals surface area contributed by atoms with Crippen molar-refractivity contribution in [1.29, 1.82) is 0 Å². The van der Waals surface area contributed by atoms with Crippen molar-refractivity contribution in [2.75, 3.05) is 12.3 Å². The lowest BCUT2D eigenvalue weighted by molar-refractivity contribution is 0.0742. The summed E-state index contributed by atoms with van der Waals surface area (Å²) in [5.41, 5.74) is 0.415. The van der Waals surface area contributed by atoms with Crippen LogP contribution in [0, 0.1) is 0 Å². The van der Waals surface area contributed by atoms with Crippen molar-refractivity contribution in [2.45, 2.75) is 17.7 Å². The number of benzene rings is 1. The fourth-order valence-corrected chi connectivity index (χ4v) is 5.40. The number of sulfone groups is 1. The van der Waals surface area contributed by atoms with E-state index in [0.29, 0.717) is 18.7 Å². The third-order valence-corrected chi connectivity index (χ3v) is 6.65. The van der Waals surface area contributed by atoms with Gasteiger partial charge in [0.15, 0.2) is 9.84 Å². The standard InChI is InChI=1S/C15H14N2O3S/c18-15(17-8-12-7-11(17)9-21(12,19)20)14-13-4-2-1-3-10(13)5-6-16-14/h1-6,11-12H,7-9H2/t11-,12+/m0/s1. The third kappa shape index (κ3) is 1.86. The second-order valence-corrected chi connectivity index (χ2v) is 8.00. The monoisotopic (exact) mass is 302 g/mol. The highest BCUT2D eigenvalue weighted by Gasteiger charge is 2.50. The molecule has 0 aliphatic carbocycles. The molecule has 6 heteroatoms. The molecule has 1 aromatic carbocycles. The van der Waals surface area contributed by atoms with Gasteiger partial charge in [-0.1, -0.05) is 24.3 Å². The molecule has 0 unspecified atom stereocenters. The molecular formula is C15H14N2O3S. The topological polar surface area (TPSA) is 67.3 Å². The van der Waals surface area contributed by atoms with Gasteiger partial charge in [-0.3, -0.25) is 9.78 Å². The summed E-state index contributed by atoms with van der Waals surface area (Å²) in [5.74, 6) is -0.0667. The number of amides is 1. The number of nitrogens with zero attached hydrogens (tertiary/aromatic N) is 2. The zero-order valence-electron chi connectivity index (χ0n) is 11.3. The number of fused-ring (bicyclic) bond motifs is 3. The number of carbonyl (C=O) groups is 1. The highest BCUT2D eigenvalue weighted by molar-refractivity contribution is 7.92. The first kappa shape index (κ1) is 12.8. The number of hydrogen-bond acceptors (Lipinski definition) is 4. The smallest absolute Gasteiger partial charge is 0.273 e. The van der Waals surface area contributed by atoms with Crippen molar-refractivity contribution < 1.29 is 13.2 Å². The van der Waals surface area contributed by atoms with Gasteiger partial charge >= 0.3 is 0 Å². The number of aromatic nitrogens is 1. The van der Waals surface area contributed by atoms with Gasteiger partial charge in [-0.2, -0.15) is 0 Å². The maximum atomic E-state index is 12.7. The van der Waals surface area contributed by atoms with E-state index in [4.69, 9.17) is 0 Å².